The fourth-order valence-electron chi connectivity index (χ4n) is 1.66. The van der Waals surface area contributed by atoms with Crippen LogP contribution in [0.1, 0.15) is 73.6 Å². The zero-order valence-corrected chi connectivity index (χ0v) is 11.6. The first-order valence-corrected chi connectivity index (χ1v) is 6.35. The lowest BCUT2D eigenvalue weighted by molar-refractivity contribution is 0.0278. The maximum absolute atomic E-state index is 10.2. The minimum Gasteiger partial charge on any atom is -0.390 e. The topological polar surface area (TPSA) is 20.2 Å². The Balaban J connectivity index is 3.77. The van der Waals surface area contributed by atoms with E-state index in [0.29, 0.717) is 5.41 Å². The van der Waals surface area contributed by atoms with E-state index < -0.39 is 5.60 Å². The fourth-order valence-corrected chi connectivity index (χ4v) is 1.66. The summed E-state index contributed by atoms with van der Waals surface area (Å²) in [6.07, 6.45) is 5.35. The van der Waals surface area contributed by atoms with Crippen LogP contribution in [0, 0.1) is 11.3 Å². The highest BCUT2D eigenvalue weighted by Crippen LogP contribution is 2.28. The van der Waals surface area contributed by atoms with Crippen molar-refractivity contribution < 1.29 is 5.11 Å². The molecule has 1 N–H and O–H groups in total. The first-order chi connectivity index (χ1) is 6.62. The van der Waals surface area contributed by atoms with Gasteiger partial charge in [0.15, 0.2) is 0 Å². The molecule has 1 unspecified atom stereocenters. The molecule has 0 rings (SSSR count). The highest BCUT2D eigenvalue weighted by atomic mass is 16.3. The average molecular weight is 214 g/mol. The molecule has 15 heavy (non-hydrogen) atoms. The molecule has 0 radical (unpaired) electrons. The molecular weight excluding hydrogens is 184 g/mol. The van der Waals surface area contributed by atoms with Crippen LogP contribution in [-0.2, 0) is 0 Å². The fraction of sp³-hybridized carbons (Fsp3) is 1.00. The van der Waals surface area contributed by atoms with Crippen LogP contribution in [0.4, 0.5) is 0 Å². The summed E-state index contributed by atoms with van der Waals surface area (Å²) in [5.74, 6) is 0.753. The van der Waals surface area contributed by atoms with Gasteiger partial charge in [0.25, 0.3) is 0 Å². The maximum Gasteiger partial charge on any atom is 0.0620 e. The van der Waals surface area contributed by atoms with Crippen molar-refractivity contribution >= 4 is 0 Å². The minimum absolute atomic E-state index is 0.335. The van der Waals surface area contributed by atoms with E-state index in [4.69, 9.17) is 0 Å². The molecule has 92 valence electrons. The van der Waals surface area contributed by atoms with Crippen molar-refractivity contribution in [3.63, 3.8) is 0 Å². The van der Waals surface area contributed by atoms with E-state index in [0.717, 1.165) is 31.6 Å². The highest BCUT2D eigenvalue weighted by Gasteiger charge is 2.22. The van der Waals surface area contributed by atoms with Crippen molar-refractivity contribution in [3.05, 3.63) is 0 Å². The molecule has 0 aromatic rings. The van der Waals surface area contributed by atoms with E-state index in [1.165, 1.54) is 6.42 Å². The Morgan fingerprint density at radius 1 is 0.933 bits per heavy atom. The van der Waals surface area contributed by atoms with Crippen LogP contribution in [0.2, 0.25) is 0 Å². The van der Waals surface area contributed by atoms with Gasteiger partial charge >= 0.3 is 0 Å². The Labute approximate surface area is 96.3 Å². The SMILES string of the molecule is CC(C)CCCC(C)(O)CCC(C)(C)C. The summed E-state index contributed by atoms with van der Waals surface area (Å²) in [6.45, 7) is 13.2. The zero-order chi connectivity index (χ0) is 12.1. The van der Waals surface area contributed by atoms with E-state index >= 15 is 0 Å². The third-order valence-electron chi connectivity index (χ3n) is 2.91. The molecule has 0 fully saturated rings. The predicted molar refractivity (Wildman–Crippen MR) is 68.0 cm³/mol. The van der Waals surface area contributed by atoms with Crippen molar-refractivity contribution in [2.24, 2.45) is 11.3 Å². The molecule has 0 saturated carbocycles. The van der Waals surface area contributed by atoms with Crippen LogP contribution in [0.3, 0.4) is 0 Å². The van der Waals surface area contributed by atoms with Crippen molar-refractivity contribution in [2.45, 2.75) is 79.2 Å². The Bertz CT molecular complexity index is 163. The lowest BCUT2D eigenvalue weighted by Crippen LogP contribution is -2.26. The molecule has 0 aliphatic carbocycles. The van der Waals surface area contributed by atoms with Crippen LogP contribution in [0.25, 0.3) is 0 Å². The molecule has 0 aliphatic heterocycles. The summed E-state index contributed by atoms with van der Waals surface area (Å²) in [5.41, 5.74) is -0.121. The number of aliphatic hydroxyl groups is 1. The largest absolute Gasteiger partial charge is 0.390 e. The smallest absolute Gasteiger partial charge is 0.0620 e. The molecule has 1 nitrogen and oxygen atoms in total. The average Bonchev–Trinajstić information content (AvgIpc) is 1.99. The Morgan fingerprint density at radius 3 is 1.87 bits per heavy atom. The highest BCUT2D eigenvalue weighted by molar-refractivity contribution is 4.76. The van der Waals surface area contributed by atoms with Crippen LogP contribution in [-0.4, -0.2) is 10.7 Å². The maximum atomic E-state index is 10.2. The van der Waals surface area contributed by atoms with Crippen LogP contribution >= 0.6 is 0 Å². The van der Waals surface area contributed by atoms with Gasteiger partial charge in [0.05, 0.1) is 5.60 Å². The van der Waals surface area contributed by atoms with E-state index in [2.05, 4.69) is 34.6 Å². The summed E-state index contributed by atoms with van der Waals surface area (Å²) < 4.78 is 0. The summed E-state index contributed by atoms with van der Waals surface area (Å²) in [5, 5.41) is 10.2. The van der Waals surface area contributed by atoms with Gasteiger partial charge in [0.2, 0.25) is 0 Å². The van der Waals surface area contributed by atoms with E-state index in [1.54, 1.807) is 0 Å². The van der Waals surface area contributed by atoms with Gasteiger partial charge in [-0.25, -0.2) is 0 Å². The van der Waals surface area contributed by atoms with E-state index in [1.807, 2.05) is 6.92 Å². The normalized spacial score (nSPS) is 16.8. The van der Waals surface area contributed by atoms with Crippen molar-refractivity contribution in [1.29, 1.82) is 0 Å². The van der Waals surface area contributed by atoms with Crippen LogP contribution < -0.4 is 0 Å². The Kier molecular flexibility index (Phi) is 5.87. The first kappa shape index (κ1) is 15.0. The monoisotopic (exact) mass is 214 g/mol. The molecule has 0 heterocycles. The van der Waals surface area contributed by atoms with Gasteiger partial charge in [-0.2, -0.15) is 0 Å². The molecule has 0 spiro atoms. The number of hydrogen-bond acceptors (Lipinski definition) is 1. The second kappa shape index (κ2) is 5.89. The van der Waals surface area contributed by atoms with Gasteiger partial charge in [0, 0.05) is 0 Å². The minimum atomic E-state index is -0.456. The Hall–Kier alpha value is -0.0400. The van der Waals surface area contributed by atoms with Gasteiger partial charge < -0.3 is 5.11 Å². The molecule has 1 atom stereocenters. The second-order valence-corrected chi connectivity index (χ2v) is 6.84. The molecule has 0 bridgehead atoms. The summed E-state index contributed by atoms with van der Waals surface area (Å²) in [7, 11) is 0. The lowest BCUT2D eigenvalue weighted by Gasteiger charge is -2.28. The number of hydrogen-bond donors (Lipinski definition) is 1. The van der Waals surface area contributed by atoms with Gasteiger partial charge in [-0.1, -0.05) is 47.5 Å². The molecule has 0 aromatic carbocycles. The molecule has 0 amide bonds. The molecular formula is C14H30O. The Morgan fingerprint density at radius 2 is 1.47 bits per heavy atom. The lowest BCUT2D eigenvalue weighted by atomic mass is 9.83. The van der Waals surface area contributed by atoms with Crippen molar-refractivity contribution in [1.82, 2.24) is 0 Å². The summed E-state index contributed by atoms with van der Waals surface area (Å²) in [6, 6.07) is 0. The standard InChI is InChI=1S/C14H30O/c1-12(2)8-7-9-14(6,15)11-10-13(3,4)5/h12,15H,7-11H2,1-6H3. The van der Waals surface area contributed by atoms with Crippen LogP contribution in [0.5, 0.6) is 0 Å². The zero-order valence-electron chi connectivity index (χ0n) is 11.6. The van der Waals surface area contributed by atoms with Crippen molar-refractivity contribution in [2.75, 3.05) is 0 Å². The third kappa shape index (κ3) is 10.2. The van der Waals surface area contributed by atoms with Crippen LogP contribution in [0.15, 0.2) is 0 Å². The molecule has 1 heteroatoms. The molecule has 0 aromatic heterocycles. The quantitative estimate of drug-likeness (QED) is 0.695. The summed E-state index contributed by atoms with van der Waals surface area (Å²) >= 11 is 0. The van der Waals surface area contributed by atoms with Gasteiger partial charge in [-0.15, -0.1) is 0 Å². The molecule has 0 aliphatic rings. The van der Waals surface area contributed by atoms with Gasteiger partial charge in [-0.05, 0) is 37.5 Å². The van der Waals surface area contributed by atoms with Gasteiger partial charge in [0.1, 0.15) is 0 Å². The predicted octanol–water partition coefficient (Wildman–Crippen LogP) is 4.39. The van der Waals surface area contributed by atoms with E-state index in [9.17, 15) is 5.11 Å². The summed E-state index contributed by atoms with van der Waals surface area (Å²) in [4.78, 5) is 0. The molecule has 0 saturated heterocycles. The second-order valence-electron chi connectivity index (χ2n) is 6.84. The number of rotatable bonds is 6. The third-order valence-corrected chi connectivity index (χ3v) is 2.91. The van der Waals surface area contributed by atoms with Gasteiger partial charge in [-0.3, -0.25) is 0 Å². The van der Waals surface area contributed by atoms with E-state index in [-0.39, 0.29) is 0 Å². The van der Waals surface area contributed by atoms with Crippen molar-refractivity contribution in [3.8, 4) is 0 Å². The first-order valence-electron chi connectivity index (χ1n) is 6.35.